The Morgan fingerprint density at radius 1 is 0.821 bits per heavy atom. The molecule has 0 aliphatic carbocycles. The van der Waals surface area contributed by atoms with Crippen molar-refractivity contribution in [1.82, 2.24) is 4.90 Å². The Morgan fingerprint density at radius 3 is 1.95 bits per heavy atom. The fourth-order valence-electron chi connectivity index (χ4n) is 5.40. The number of halogens is 2. The zero-order valence-corrected chi connectivity index (χ0v) is 24.9. The number of benzene rings is 2. The third-order valence-electron chi connectivity index (χ3n) is 7.59. The smallest absolute Gasteiger partial charge is 0.295 e. The summed E-state index contributed by atoms with van der Waals surface area (Å²) < 4.78 is 15.6. The standard InChI is InChI=1S/C33H43BrFNO3/c1-2-3-4-5-6-7-8-9-10-11-12-13-14-17-23-36-30(27-21-15-16-22-28(27)35)29(32(38)33(36)39)31(37)25-19-18-20-26(34)24-25/h15-16,18-22,24,30,37H,2-14,17,23H2,1H3/t30-/m0/s1. The van der Waals surface area contributed by atoms with Gasteiger partial charge in [0.05, 0.1) is 11.6 Å². The molecule has 2 aromatic rings. The molecule has 0 radical (unpaired) electrons. The summed E-state index contributed by atoms with van der Waals surface area (Å²) in [6.45, 7) is 2.59. The van der Waals surface area contributed by atoms with E-state index in [0.717, 1.165) is 30.2 Å². The van der Waals surface area contributed by atoms with E-state index < -0.39 is 23.5 Å². The van der Waals surface area contributed by atoms with E-state index in [1.807, 2.05) is 0 Å². The molecule has 0 unspecified atom stereocenters. The highest BCUT2D eigenvalue weighted by atomic mass is 79.9. The van der Waals surface area contributed by atoms with E-state index >= 15 is 0 Å². The number of ketones is 1. The monoisotopic (exact) mass is 599 g/mol. The van der Waals surface area contributed by atoms with Crippen molar-refractivity contribution in [3.05, 3.63) is 75.5 Å². The number of hydrogen-bond donors (Lipinski definition) is 1. The third kappa shape index (κ3) is 9.02. The number of amides is 1. The van der Waals surface area contributed by atoms with Gasteiger partial charge in [0.25, 0.3) is 11.7 Å². The number of Topliss-reactive ketones (excluding diaryl/α,β-unsaturated/α-hetero) is 1. The zero-order valence-electron chi connectivity index (χ0n) is 23.3. The summed E-state index contributed by atoms with van der Waals surface area (Å²) in [5.74, 6) is -2.25. The number of hydrogen-bond acceptors (Lipinski definition) is 3. The number of aliphatic hydroxyl groups excluding tert-OH is 1. The average Bonchev–Trinajstić information content (AvgIpc) is 3.18. The van der Waals surface area contributed by atoms with Crippen molar-refractivity contribution in [1.29, 1.82) is 0 Å². The number of carbonyl (C=O) groups is 2. The SMILES string of the molecule is CCCCCCCCCCCCCCCCN1C(=O)C(=O)C(=C(O)c2cccc(Br)c2)[C@@H]1c1ccccc1F. The van der Waals surface area contributed by atoms with Crippen LogP contribution in [0.15, 0.2) is 58.6 Å². The lowest BCUT2D eigenvalue weighted by molar-refractivity contribution is -0.140. The van der Waals surface area contributed by atoms with Crippen LogP contribution in [-0.2, 0) is 9.59 Å². The van der Waals surface area contributed by atoms with Crippen LogP contribution in [0.25, 0.3) is 5.76 Å². The molecule has 1 heterocycles. The Hall–Kier alpha value is -2.47. The van der Waals surface area contributed by atoms with E-state index in [4.69, 9.17) is 0 Å². The fourth-order valence-corrected chi connectivity index (χ4v) is 5.80. The molecule has 3 rings (SSSR count). The van der Waals surface area contributed by atoms with Crippen LogP contribution in [0.2, 0.25) is 0 Å². The van der Waals surface area contributed by atoms with Crippen molar-refractivity contribution < 1.29 is 19.1 Å². The van der Waals surface area contributed by atoms with Gasteiger partial charge < -0.3 is 10.0 Å². The van der Waals surface area contributed by atoms with Crippen molar-refractivity contribution in [2.24, 2.45) is 0 Å². The van der Waals surface area contributed by atoms with Crippen LogP contribution in [0.4, 0.5) is 4.39 Å². The predicted octanol–water partition coefficient (Wildman–Crippen LogP) is 9.49. The molecule has 39 heavy (non-hydrogen) atoms. The minimum atomic E-state index is -0.952. The van der Waals surface area contributed by atoms with Gasteiger partial charge >= 0.3 is 0 Å². The zero-order chi connectivity index (χ0) is 28.0. The molecule has 4 nitrogen and oxygen atoms in total. The summed E-state index contributed by atoms with van der Waals surface area (Å²) in [4.78, 5) is 27.6. The Balaban J connectivity index is 1.54. The van der Waals surface area contributed by atoms with Gasteiger partial charge in [0.15, 0.2) is 0 Å². The Labute approximate surface area is 241 Å². The number of rotatable bonds is 17. The quantitative estimate of drug-likeness (QED) is 0.0852. The second kappa shape index (κ2) is 16.6. The number of likely N-dealkylation sites (tertiary alicyclic amines) is 1. The Bertz CT molecular complexity index is 1120. The lowest BCUT2D eigenvalue weighted by Gasteiger charge is -2.25. The predicted molar refractivity (Wildman–Crippen MR) is 160 cm³/mol. The molecule has 0 bridgehead atoms. The van der Waals surface area contributed by atoms with E-state index in [-0.39, 0.29) is 16.9 Å². The lowest BCUT2D eigenvalue weighted by Crippen LogP contribution is -2.31. The highest BCUT2D eigenvalue weighted by Gasteiger charge is 2.46. The van der Waals surface area contributed by atoms with Gasteiger partial charge in [-0.05, 0) is 24.6 Å². The minimum Gasteiger partial charge on any atom is -0.507 e. The third-order valence-corrected chi connectivity index (χ3v) is 8.08. The van der Waals surface area contributed by atoms with Gasteiger partial charge in [-0.1, -0.05) is 137 Å². The average molecular weight is 601 g/mol. The van der Waals surface area contributed by atoms with E-state index in [1.165, 1.54) is 75.2 Å². The first-order chi connectivity index (χ1) is 19.0. The van der Waals surface area contributed by atoms with Crippen molar-refractivity contribution in [2.45, 2.75) is 103 Å². The topological polar surface area (TPSA) is 57.6 Å². The van der Waals surface area contributed by atoms with Crippen LogP contribution in [0.5, 0.6) is 0 Å². The molecule has 0 saturated carbocycles. The van der Waals surface area contributed by atoms with Crippen LogP contribution in [0.3, 0.4) is 0 Å². The van der Waals surface area contributed by atoms with Crippen LogP contribution in [-0.4, -0.2) is 28.2 Å². The molecule has 1 N–H and O–H groups in total. The summed E-state index contributed by atoms with van der Waals surface area (Å²) >= 11 is 3.38. The fraction of sp³-hybridized carbons (Fsp3) is 0.515. The first kappa shape index (κ1) is 31.1. The van der Waals surface area contributed by atoms with Gasteiger partial charge in [-0.3, -0.25) is 9.59 Å². The molecular formula is C33H43BrFNO3. The molecule has 2 aromatic carbocycles. The van der Waals surface area contributed by atoms with Crippen molar-refractivity contribution in [3.8, 4) is 0 Å². The van der Waals surface area contributed by atoms with Gasteiger partial charge in [0.2, 0.25) is 0 Å². The summed E-state index contributed by atoms with van der Waals surface area (Å²) in [6.07, 6.45) is 17.2. The van der Waals surface area contributed by atoms with Gasteiger partial charge in [-0.15, -0.1) is 0 Å². The van der Waals surface area contributed by atoms with E-state index in [9.17, 15) is 19.1 Å². The molecule has 1 amide bonds. The van der Waals surface area contributed by atoms with Crippen LogP contribution in [0, 0.1) is 5.82 Å². The summed E-state index contributed by atoms with van der Waals surface area (Å²) in [5.41, 5.74) is 0.562. The highest BCUT2D eigenvalue weighted by Crippen LogP contribution is 2.40. The number of nitrogens with zero attached hydrogens (tertiary/aromatic N) is 1. The largest absolute Gasteiger partial charge is 0.507 e. The van der Waals surface area contributed by atoms with Crippen LogP contribution < -0.4 is 0 Å². The van der Waals surface area contributed by atoms with E-state index in [0.29, 0.717) is 12.1 Å². The summed E-state index contributed by atoms with van der Waals surface area (Å²) in [7, 11) is 0. The molecule has 212 valence electrons. The van der Waals surface area contributed by atoms with Gasteiger partial charge in [0, 0.05) is 22.1 Å². The molecule has 1 aliphatic rings. The highest BCUT2D eigenvalue weighted by molar-refractivity contribution is 9.10. The maximum Gasteiger partial charge on any atom is 0.295 e. The van der Waals surface area contributed by atoms with Gasteiger partial charge in [-0.25, -0.2) is 4.39 Å². The molecule has 6 heteroatoms. The van der Waals surface area contributed by atoms with Gasteiger partial charge in [0.1, 0.15) is 11.6 Å². The first-order valence-corrected chi connectivity index (χ1v) is 15.5. The first-order valence-electron chi connectivity index (χ1n) is 14.7. The van der Waals surface area contributed by atoms with Crippen molar-refractivity contribution >= 4 is 33.4 Å². The molecule has 0 spiro atoms. The second-order valence-corrected chi connectivity index (χ2v) is 11.5. The van der Waals surface area contributed by atoms with E-state index in [2.05, 4.69) is 22.9 Å². The van der Waals surface area contributed by atoms with Crippen LogP contribution >= 0.6 is 15.9 Å². The maximum atomic E-state index is 14.9. The van der Waals surface area contributed by atoms with E-state index in [1.54, 1.807) is 42.5 Å². The summed E-state index contributed by atoms with van der Waals surface area (Å²) in [6, 6.07) is 12.1. The normalized spacial score (nSPS) is 16.8. The number of unbranched alkanes of at least 4 members (excludes halogenated alkanes) is 13. The molecule has 1 saturated heterocycles. The number of aliphatic hydroxyl groups is 1. The maximum absolute atomic E-state index is 14.9. The van der Waals surface area contributed by atoms with Crippen LogP contribution in [0.1, 0.15) is 114 Å². The Kier molecular flexibility index (Phi) is 13.2. The van der Waals surface area contributed by atoms with Gasteiger partial charge in [-0.2, -0.15) is 0 Å². The molecule has 1 aliphatic heterocycles. The second-order valence-electron chi connectivity index (χ2n) is 10.6. The van der Waals surface area contributed by atoms with Crippen molar-refractivity contribution in [2.75, 3.05) is 6.54 Å². The molecule has 1 fully saturated rings. The lowest BCUT2D eigenvalue weighted by atomic mass is 9.95. The van der Waals surface area contributed by atoms with Crippen molar-refractivity contribution in [3.63, 3.8) is 0 Å². The summed E-state index contributed by atoms with van der Waals surface area (Å²) in [5, 5.41) is 11.1. The minimum absolute atomic E-state index is 0.0615. The molecule has 1 atom stereocenters. The molecule has 0 aromatic heterocycles. The molecular weight excluding hydrogens is 557 g/mol. The number of carbonyl (C=O) groups excluding carboxylic acids is 2. The Morgan fingerprint density at radius 2 is 1.38 bits per heavy atom.